The summed E-state index contributed by atoms with van der Waals surface area (Å²) < 4.78 is 33.4. The molecular formula is C47H84NO9P. The Morgan fingerprint density at radius 1 is 0.552 bits per heavy atom. The second-order valence-corrected chi connectivity index (χ2v) is 16.6. The molecule has 58 heavy (non-hydrogen) atoms. The van der Waals surface area contributed by atoms with Crippen molar-refractivity contribution in [1.29, 1.82) is 0 Å². The van der Waals surface area contributed by atoms with Gasteiger partial charge in [-0.2, -0.15) is 0 Å². The highest BCUT2D eigenvalue weighted by Gasteiger charge is 2.27. The molecule has 0 bridgehead atoms. The summed E-state index contributed by atoms with van der Waals surface area (Å²) in [7, 11) is -4.63. The van der Waals surface area contributed by atoms with Gasteiger partial charge in [0.05, 0.1) is 19.8 Å². The zero-order valence-electron chi connectivity index (χ0n) is 36.6. The predicted octanol–water partition coefficient (Wildman–Crippen LogP) is 12.8. The van der Waals surface area contributed by atoms with Crippen molar-refractivity contribution in [3.8, 4) is 0 Å². The van der Waals surface area contributed by atoms with Crippen LogP contribution < -0.4 is 5.73 Å². The topological polar surface area (TPSA) is 155 Å². The van der Waals surface area contributed by atoms with Crippen LogP contribution in [0.1, 0.15) is 187 Å². The van der Waals surface area contributed by atoms with Gasteiger partial charge in [-0.3, -0.25) is 18.6 Å². The van der Waals surface area contributed by atoms with Crippen LogP contribution in [-0.4, -0.2) is 60.5 Å². The minimum atomic E-state index is -4.63. The third kappa shape index (κ3) is 41.8. The summed E-state index contributed by atoms with van der Waals surface area (Å²) in [5, 5.41) is 8.90. The molecule has 3 atom stereocenters. The zero-order valence-corrected chi connectivity index (χ0v) is 37.5. The SMILES string of the molecule is CCCC/C=C\C/C=C\CCCCCCCCOCC(COP(=O)(O)OCC(N)C(=O)O)OC(=O)CCCCCCCC/C=C\C/C=C\C/C=C\CCCCCCC. The van der Waals surface area contributed by atoms with Gasteiger partial charge in [-0.25, -0.2) is 4.57 Å². The number of unbranched alkanes of at least 4 members (excludes halogenated alkanes) is 19. The van der Waals surface area contributed by atoms with Gasteiger partial charge in [0, 0.05) is 13.0 Å². The zero-order chi connectivity index (χ0) is 42.6. The second-order valence-electron chi connectivity index (χ2n) is 15.2. The number of carboxylic acid groups (broad SMARTS) is 1. The van der Waals surface area contributed by atoms with Crippen molar-refractivity contribution in [2.24, 2.45) is 5.73 Å². The quantitative estimate of drug-likeness (QED) is 0.0234. The maximum Gasteiger partial charge on any atom is 0.472 e. The monoisotopic (exact) mass is 838 g/mol. The van der Waals surface area contributed by atoms with E-state index in [0.717, 1.165) is 83.5 Å². The van der Waals surface area contributed by atoms with Crippen LogP contribution in [0.25, 0.3) is 0 Å². The molecule has 3 unspecified atom stereocenters. The number of allylic oxidation sites excluding steroid dienone is 10. The summed E-state index contributed by atoms with van der Waals surface area (Å²) in [5.41, 5.74) is 5.36. The van der Waals surface area contributed by atoms with Crippen molar-refractivity contribution in [1.82, 2.24) is 0 Å². The van der Waals surface area contributed by atoms with Crippen molar-refractivity contribution < 1.29 is 42.7 Å². The second kappa shape index (κ2) is 42.8. The van der Waals surface area contributed by atoms with Gasteiger partial charge in [0.15, 0.2) is 0 Å². The fraction of sp³-hybridized carbons (Fsp3) is 0.745. The van der Waals surface area contributed by atoms with Gasteiger partial charge in [-0.15, -0.1) is 0 Å². The predicted molar refractivity (Wildman–Crippen MR) is 240 cm³/mol. The number of phosphoric ester groups is 1. The van der Waals surface area contributed by atoms with E-state index >= 15 is 0 Å². The summed E-state index contributed by atoms with van der Waals surface area (Å²) in [5.74, 6) is -1.80. The molecule has 336 valence electrons. The van der Waals surface area contributed by atoms with Crippen molar-refractivity contribution in [3.05, 3.63) is 60.8 Å². The number of hydrogen-bond acceptors (Lipinski definition) is 8. The molecule has 0 saturated carbocycles. The summed E-state index contributed by atoms with van der Waals surface area (Å²) in [6.45, 7) is 3.79. The molecule has 10 nitrogen and oxygen atoms in total. The molecule has 0 spiro atoms. The van der Waals surface area contributed by atoms with E-state index in [4.69, 9.17) is 29.4 Å². The van der Waals surface area contributed by atoms with Gasteiger partial charge in [0.1, 0.15) is 12.1 Å². The third-order valence-electron chi connectivity index (χ3n) is 9.52. The summed E-state index contributed by atoms with van der Waals surface area (Å²) in [6, 6.07) is -1.48. The smallest absolute Gasteiger partial charge is 0.472 e. The molecule has 0 heterocycles. The number of carbonyl (C=O) groups is 2. The van der Waals surface area contributed by atoms with E-state index in [0.29, 0.717) is 13.0 Å². The highest BCUT2D eigenvalue weighted by atomic mass is 31.2. The lowest BCUT2D eigenvalue weighted by Crippen LogP contribution is -2.34. The van der Waals surface area contributed by atoms with Crippen LogP contribution in [0, 0.1) is 0 Å². The molecule has 11 heteroatoms. The number of phosphoric acid groups is 1. The highest BCUT2D eigenvalue weighted by Crippen LogP contribution is 2.43. The normalized spacial score (nSPS) is 14.4. The summed E-state index contributed by atoms with van der Waals surface area (Å²) in [6.07, 6.45) is 51.2. The largest absolute Gasteiger partial charge is 0.480 e. The van der Waals surface area contributed by atoms with Crippen LogP contribution in [-0.2, 0) is 32.7 Å². The van der Waals surface area contributed by atoms with Gasteiger partial charge in [-0.05, 0) is 77.0 Å². The first-order chi connectivity index (χ1) is 28.2. The number of aliphatic carboxylic acids is 1. The van der Waals surface area contributed by atoms with Crippen LogP contribution in [0.15, 0.2) is 60.8 Å². The Morgan fingerprint density at radius 3 is 1.47 bits per heavy atom. The molecule has 0 aliphatic carbocycles. The van der Waals surface area contributed by atoms with Crippen molar-refractivity contribution in [2.75, 3.05) is 26.4 Å². The first kappa shape index (κ1) is 55.7. The third-order valence-corrected chi connectivity index (χ3v) is 10.5. The lowest BCUT2D eigenvalue weighted by atomic mass is 10.1. The molecule has 0 radical (unpaired) electrons. The van der Waals surface area contributed by atoms with Gasteiger partial charge in [-0.1, -0.05) is 164 Å². The summed E-state index contributed by atoms with van der Waals surface area (Å²) in [4.78, 5) is 33.6. The molecular weight excluding hydrogens is 753 g/mol. The van der Waals surface area contributed by atoms with E-state index in [1.54, 1.807) is 0 Å². The number of esters is 1. The molecule has 0 rings (SSSR count). The molecule has 0 fully saturated rings. The fourth-order valence-electron chi connectivity index (χ4n) is 5.92. The van der Waals surface area contributed by atoms with Gasteiger partial charge >= 0.3 is 19.8 Å². The highest BCUT2D eigenvalue weighted by molar-refractivity contribution is 7.47. The Morgan fingerprint density at radius 2 is 0.966 bits per heavy atom. The Bertz CT molecular complexity index is 1150. The van der Waals surface area contributed by atoms with Crippen molar-refractivity contribution in [3.63, 3.8) is 0 Å². The van der Waals surface area contributed by atoms with Gasteiger partial charge < -0.3 is 25.2 Å². The minimum Gasteiger partial charge on any atom is -0.480 e. The molecule has 0 saturated heterocycles. The van der Waals surface area contributed by atoms with Crippen molar-refractivity contribution >= 4 is 19.8 Å². The maximum atomic E-state index is 12.7. The van der Waals surface area contributed by atoms with Gasteiger partial charge in [0.25, 0.3) is 0 Å². The van der Waals surface area contributed by atoms with Crippen LogP contribution in [0.2, 0.25) is 0 Å². The average molecular weight is 838 g/mol. The molecule has 0 aromatic rings. The summed E-state index contributed by atoms with van der Waals surface area (Å²) >= 11 is 0. The molecule has 0 amide bonds. The first-order valence-corrected chi connectivity index (χ1v) is 24.3. The number of carboxylic acids is 1. The Hall–Kier alpha value is -2.33. The number of nitrogens with two attached hydrogens (primary N) is 1. The maximum absolute atomic E-state index is 12.7. The standard InChI is InChI=1S/C47H84NO9P/c1-3-5-7-9-11-13-15-17-19-20-21-22-23-24-25-27-29-31-33-35-37-39-46(49)57-44(42-55-58(52,53)56-43-45(48)47(50)51)41-54-40-38-36-34-32-30-28-26-18-16-14-12-10-8-6-4-2/h10,12,15-18,20-21,23-24,44-45H,3-9,11,13-14,19,22,25-43,48H2,1-2H3,(H,50,51)(H,52,53)/b12-10-,17-15-,18-16-,21-20-,24-23-. The Labute approximate surface area is 353 Å². The minimum absolute atomic E-state index is 0.00188. The van der Waals surface area contributed by atoms with E-state index in [1.807, 2.05) is 0 Å². The lowest BCUT2D eigenvalue weighted by Gasteiger charge is -2.20. The molecule has 0 aliphatic rings. The molecule has 0 aromatic heterocycles. The van der Waals surface area contributed by atoms with E-state index < -0.39 is 45.1 Å². The first-order valence-electron chi connectivity index (χ1n) is 22.8. The van der Waals surface area contributed by atoms with Crippen LogP contribution in [0.3, 0.4) is 0 Å². The molecule has 4 N–H and O–H groups in total. The van der Waals surface area contributed by atoms with Crippen LogP contribution >= 0.6 is 7.82 Å². The van der Waals surface area contributed by atoms with Crippen LogP contribution in [0.4, 0.5) is 0 Å². The molecule has 0 aromatic carbocycles. The average Bonchev–Trinajstić information content (AvgIpc) is 3.20. The fourth-order valence-corrected chi connectivity index (χ4v) is 6.70. The van der Waals surface area contributed by atoms with Crippen LogP contribution in [0.5, 0.6) is 0 Å². The number of carbonyl (C=O) groups excluding carboxylic acids is 1. The number of rotatable bonds is 43. The lowest BCUT2D eigenvalue weighted by molar-refractivity contribution is -0.154. The van der Waals surface area contributed by atoms with E-state index in [-0.39, 0.29) is 13.0 Å². The number of ether oxygens (including phenoxy) is 2. The Balaban J connectivity index is 4.26. The van der Waals surface area contributed by atoms with E-state index in [9.17, 15) is 19.0 Å². The molecule has 0 aliphatic heterocycles. The van der Waals surface area contributed by atoms with E-state index in [2.05, 4.69) is 74.6 Å². The van der Waals surface area contributed by atoms with Gasteiger partial charge in [0.2, 0.25) is 0 Å². The number of hydrogen-bond donors (Lipinski definition) is 3. The van der Waals surface area contributed by atoms with E-state index in [1.165, 1.54) is 77.0 Å². The van der Waals surface area contributed by atoms with Crippen molar-refractivity contribution in [2.45, 2.75) is 199 Å². The Kier molecular flexibility index (Phi) is 41.1.